The van der Waals surface area contributed by atoms with Crippen molar-refractivity contribution in [3.8, 4) is 0 Å². The molecule has 2 unspecified atom stereocenters. The van der Waals surface area contributed by atoms with Gasteiger partial charge in [0.25, 0.3) is 0 Å². The van der Waals surface area contributed by atoms with Crippen molar-refractivity contribution < 1.29 is 0 Å². The fourth-order valence-corrected chi connectivity index (χ4v) is 4.79. The average Bonchev–Trinajstić information content (AvgIpc) is 2.59. The lowest BCUT2D eigenvalue weighted by atomic mass is 9.76. The van der Waals surface area contributed by atoms with Crippen molar-refractivity contribution in [2.75, 3.05) is 13.6 Å². The summed E-state index contributed by atoms with van der Waals surface area (Å²) in [7, 11) is 2.24. The predicted molar refractivity (Wildman–Crippen MR) is 115 cm³/mol. The van der Waals surface area contributed by atoms with Gasteiger partial charge >= 0.3 is 0 Å². The highest BCUT2D eigenvalue weighted by Gasteiger charge is 2.27. The molecule has 2 atom stereocenters. The summed E-state index contributed by atoms with van der Waals surface area (Å²) in [5, 5.41) is 3.90. The maximum absolute atomic E-state index is 5.21. The van der Waals surface area contributed by atoms with Crippen molar-refractivity contribution in [1.29, 1.82) is 0 Å². The summed E-state index contributed by atoms with van der Waals surface area (Å²) >= 11 is 0. The smallest absolute Gasteiger partial charge is 0.194 e. The molecule has 2 aliphatic rings. The highest BCUT2D eigenvalue weighted by molar-refractivity contribution is 5.80. The van der Waals surface area contributed by atoms with Crippen molar-refractivity contribution in [3.63, 3.8) is 0 Å². The highest BCUT2D eigenvalue weighted by Crippen LogP contribution is 2.34. The van der Waals surface area contributed by atoms with Crippen LogP contribution in [-0.4, -0.2) is 36.5 Å². The second kappa shape index (κ2) is 10.6. The molecule has 0 heterocycles. The number of nitrogens with zero attached hydrogens (tertiary/aromatic N) is 2. The average molecular weight is 364 g/mol. The van der Waals surface area contributed by atoms with E-state index in [9.17, 15) is 0 Å². The van der Waals surface area contributed by atoms with E-state index in [4.69, 9.17) is 4.99 Å². The van der Waals surface area contributed by atoms with Gasteiger partial charge in [-0.25, -0.2) is 4.99 Å². The van der Waals surface area contributed by atoms with Crippen molar-refractivity contribution in [2.24, 2.45) is 16.3 Å². The molecule has 3 nitrogen and oxygen atoms in total. The van der Waals surface area contributed by atoms with Crippen LogP contribution in [0.1, 0.15) is 105 Å². The molecule has 0 amide bonds. The Morgan fingerprint density at radius 3 is 2.42 bits per heavy atom. The van der Waals surface area contributed by atoms with Crippen LogP contribution in [0.5, 0.6) is 0 Å². The minimum Gasteiger partial charge on any atom is -0.353 e. The molecule has 1 N–H and O–H groups in total. The molecule has 152 valence electrons. The number of hydrogen-bond acceptors (Lipinski definition) is 1. The topological polar surface area (TPSA) is 27.6 Å². The fourth-order valence-electron chi connectivity index (χ4n) is 4.79. The van der Waals surface area contributed by atoms with Crippen LogP contribution in [0.25, 0.3) is 0 Å². The SMILES string of the molecule is CCCCN(C)C(=NC1CCCCC1)NC1CCCC(CC(C)(C)C)C1. The molecule has 2 aliphatic carbocycles. The number of hydrogen-bond donors (Lipinski definition) is 1. The molecule has 0 saturated heterocycles. The van der Waals surface area contributed by atoms with Crippen LogP contribution in [0.4, 0.5) is 0 Å². The summed E-state index contributed by atoms with van der Waals surface area (Å²) in [5.41, 5.74) is 0.448. The van der Waals surface area contributed by atoms with E-state index in [2.05, 4.69) is 45.0 Å². The Labute approximate surface area is 163 Å². The molecular weight excluding hydrogens is 318 g/mol. The van der Waals surface area contributed by atoms with E-state index in [0.29, 0.717) is 17.5 Å². The van der Waals surface area contributed by atoms with E-state index < -0.39 is 0 Å². The quantitative estimate of drug-likeness (QED) is 0.463. The van der Waals surface area contributed by atoms with Gasteiger partial charge in [-0.1, -0.05) is 66.2 Å². The van der Waals surface area contributed by atoms with Gasteiger partial charge in [-0.2, -0.15) is 0 Å². The van der Waals surface area contributed by atoms with Crippen molar-refractivity contribution in [3.05, 3.63) is 0 Å². The molecular formula is C23H45N3. The van der Waals surface area contributed by atoms with Gasteiger partial charge < -0.3 is 10.2 Å². The summed E-state index contributed by atoms with van der Waals surface area (Å²) < 4.78 is 0. The summed E-state index contributed by atoms with van der Waals surface area (Å²) in [6.45, 7) is 10.6. The van der Waals surface area contributed by atoms with Gasteiger partial charge in [0.05, 0.1) is 6.04 Å². The van der Waals surface area contributed by atoms with Crippen LogP contribution in [0.2, 0.25) is 0 Å². The zero-order valence-corrected chi connectivity index (χ0v) is 18.3. The largest absolute Gasteiger partial charge is 0.353 e. The summed E-state index contributed by atoms with van der Waals surface area (Å²) in [4.78, 5) is 7.61. The second-order valence-electron chi connectivity index (χ2n) is 10.2. The monoisotopic (exact) mass is 363 g/mol. The van der Waals surface area contributed by atoms with Gasteiger partial charge in [-0.05, 0) is 49.9 Å². The first-order valence-corrected chi connectivity index (χ1v) is 11.4. The lowest BCUT2D eigenvalue weighted by molar-refractivity contribution is 0.216. The molecule has 2 rings (SSSR count). The summed E-state index contributed by atoms with van der Waals surface area (Å²) in [6, 6.07) is 1.16. The zero-order valence-electron chi connectivity index (χ0n) is 18.3. The van der Waals surface area contributed by atoms with Crippen LogP contribution >= 0.6 is 0 Å². The van der Waals surface area contributed by atoms with E-state index in [1.165, 1.54) is 83.0 Å². The van der Waals surface area contributed by atoms with Crippen molar-refractivity contribution >= 4 is 5.96 Å². The first kappa shape index (κ1) is 21.6. The Morgan fingerprint density at radius 1 is 1.04 bits per heavy atom. The molecule has 3 heteroatoms. The maximum atomic E-state index is 5.21. The Balaban J connectivity index is 1.98. The predicted octanol–water partition coefficient (Wildman–Crippen LogP) is 5.99. The lowest BCUT2D eigenvalue weighted by Gasteiger charge is -2.36. The van der Waals surface area contributed by atoms with Crippen LogP contribution in [0, 0.1) is 11.3 Å². The van der Waals surface area contributed by atoms with Crippen molar-refractivity contribution in [2.45, 2.75) is 117 Å². The van der Waals surface area contributed by atoms with Gasteiger partial charge in [-0.15, -0.1) is 0 Å². The summed E-state index contributed by atoms with van der Waals surface area (Å²) in [5.74, 6) is 2.06. The van der Waals surface area contributed by atoms with Crippen molar-refractivity contribution in [1.82, 2.24) is 10.2 Å². The van der Waals surface area contributed by atoms with Gasteiger partial charge in [-0.3, -0.25) is 0 Å². The number of aliphatic imine (C=N–C) groups is 1. The van der Waals surface area contributed by atoms with E-state index in [1.807, 2.05) is 0 Å². The minimum absolute atomic E-state index is 0.448. The van der Waals surface area contributed by atoms with E-state index in [0.717, 1.165) is 12.5 Å². The van der Waals surface area contributed by atoms with E-state index >= 15 is 0 Å². The fraction of sp³-hybridized carbons (Fsp3) is 0.957. The van der Waals surface area contributed by atoms with Crippen LogP contribution in [0.15, 0.2) is 4.99 Å². The molecule has 0 spiro atoms. The number of guanidine groups is 1. The first-order chi connectivity index (χ1) is 12.4. The zero-order chi connectivity index (χ0) is 19.0. The molecule has 0 radical (unpaired) electrons. The summed E-state index contributed by atoms with van der Waals surface area (Å²) in [6.07, 6.45) is 15.9. The van der Waals surface area contributed by atoms with Crippen LogP contribution in [-0.2, 0) is 0 Å². The van der Waals surface area contributed by atoms with Crippen LogP contribution in [0.3, 0.4) is 0 Å². The first-order valence-electron chi connectivity index (χ1n) is 11.4. The number of unbranched alkanes of at least 4 members (excludes halogenated alkanes) is 1. The normalized spacial score (nSPS) is 26.0. The molecule has 0 aliphatic heterocycles. The molecule has 2 saturated carbocycles. The van der Waals surface area contributed by atoms with Gasteiger partial charge in [0.2, 0.25) is 0 Å². The maximum Gasteiger partial charge on any atom is 0.194 e. The lowest BCUT2D eigenvalue weighted by Crippen LogP contribution is -2.47. The molecule has 0 bridgehead atoms. The Bertz CT molecular complexity index is 418. The molecule has 0 aromatic rings. The van der Waals surface area contributed by atoms with E-state index in [1.54, 1.807) is 0 Å². The Kier molecular flexibility index (Phi) is 8.76. The number of rotatable bonds is 6. The number of nitrogens with one attached hydrogen (secondary N) is 1. The molecule has 26 heavy (non-hydrogen) atoms. The van der Waals surface area contributed by atoms with Crippen LogP contribution < -0.4 is 5.32 Å². The van der Waals surface area contributed by atoms with Gasteiger partial charge in [0.1, 0.15) is 0 Å². The standard InChI is InChI=1S/C23H45N3/c1-6-7-16-26(5)22(24-20-13-9-8-10-14-20)25-21-15-11-12-19(17-21)18-23(2,3)4/h19-21H,6-18H2,1-5H3,(H,24,25). The van der Waals surface area contributed by atoms with Gasteiger partial charge in [0.15, 0.2) is 5.96 Å². The highest BCUT2D eigenvalue weighted by atomic mass is 15.3. The third kappa shape index (κ3) is 7.88. The minimum atomic E-state index is 0.448. The molecule has 0 aromatic heterocycles. The third-order valence-corrected chi connectivity index (χ3v) is 6.11. The second-order valence-corrected chi connectivity index (χ2v) is 10.2. The third-order valence-electron chi connectivity index (χ3n) is 6.11. The molecule has 0 aromatic carbocycles. The van der Waals surface area contributed by atoms with E-state index in [-0.39, 0.29) is 0 Å². The Morgan fingerprint density at radius 2 is 1.77 bits per heavy atom. The Hall–Kier alpha value is -0.730. The molecule has 2 fully saturated rings. The van der Waals surface area contributed by atoms with Gasteiger partial charge in [0, 0.05) is 19.6 Å².